The van der Waals surface area contributed by atoms with Crippen molar-refractivity contribution in [3.63, 3.8) is 0 Å². The first-order chi connectivity index (χ1) is 8.73. The van der Waals surface area contributed by atoms with E-state index in [9.17, 15) is 18.0 Å². The highest BCUT2D eigenvalue weighted by Gasteiger charge is 2.31. The van der Waals surface area contributed by atoms with Gasteiger partial charge in [-0.1, -0.05) is 0 Å². The third kappa shape index (κ3) is 4.69. The standard InChI is InChI=1S/C12H15F3N2O2/c1-7(6-12(13,14)15)17-11(18)9-5-8(16)3-4-10(9)19-2/h3-5,7H,6,16H2,1-2H3,(H,17,18). The summed E-state index contributed by atoms with van der Waals surface area (Å²) in [6.45, 7) is 1.28. The van der Waals surface area contributed by atoms with Gasteiger partial charge in [0.2, 0.25) is 0 Å². The normalized spacial score (nSPS) is 12.9. The van der Waals surface area contributed by atoms with Crippen molar-refractivity contribution in [3.05, 3.63) is 23.8 Å². The Labute approximate surface area is 108 Å². The zero-order chi connectivity index (χ0) is 14.6. The molecule has 0 aliphatic carbocycles. The number of benzene rings is 1. The Morgan fingerprint density at radius 2 is 2.11 bits per heavy atom. The molecule has 1 rings (SSSR count). The van der Waals surface area contributed by atoms with Gasteiger partial charge in [0, 0.05) is 11.7 Å². The average Bonchev–Trinajstić information content (AvgIpc) is 2.26. The summed E-state index contributed by atoms with van der Waals surface area (Å²) < 4.78 is 41.5. The zero-order valence-corrected chi connectivity index (χ0v) is 10.5. The van der Waals surface area contributed by atoms with E-state index in [1.807, 2.05) is 0 Å². The number of carbonyl (C=O) groups is 1. The van der Waals surface area contributed by atoms with Crippen LogP contribution >= 0.6 is 0 Å². The third-order valence-electron chi connectivity index (χ3n) is 2.38. The van der Waals surface area contributed by atoms with Crippen molar-refractivity contribution in [3.8, 4) is 5.75 Å². The molecule has 4 nitrogen and oxygen atoms in total. The van der Waals surface area contributed by atoms with Crippen LogP contribution in [-0.4, -0.2) is 25.2 Å². The first-order valence-electron chi connectivity index (χ1n) is 5.54. The van der Waals surface area contributed by atoms with Crippen LogP contribution in [-0.2, 0) is 0 Å². The molecule has 0 aromatic heterocycles. The lowest BCUT2D eigenvalue weighted by atomic mass is 10.1. The Balaban J connectivity index is 2.81. The molecule has 7 heteroatoms. The number of anilines is 1. The van der Waals surface area contributed by atoms with Crippen molar-refractivity contribution in [1.29, 1.82) is 0 Å². The summed E-state index contributed by atoms with van der Waals surface area (Å²) in [5.74, 6) is -0.396. The van der Waals surface area contributed by atoms with Gasteiger partial charge in [0.25, 0.3) is 5.91 Å². The Bertz CT molecular complexity index is 461. The number of hydrogen-bond acceptors (Lipinski definition) is 3. The van der Waals surface area contributed by atoms with Crippen LogP contribution < -0.4 is 15.8 Å². The zero-order valence-electron chi connectivity index (χ0n) is 10.5. The van der Waals surface area contributed by atoms with Gasteiger partial charge in [-0.2, -0.15) is 13.2 Å². The van der Waals surface area contributed by atoms with E-state index in [1.54, 1.807) is 0 Å². The summed E-state index contributed by atoms with van der Waals surface area (Å²) in [6.07, 6.45) is -5.42. The van der Waals surface area contributed by atoms with Gasteiger partial charge in [-0.15, -0.1) is 0 Å². The number of alkyl halides is 3. The van der Waals surface area contributed by atoms with Gasteiger partial charge >= 0.3 is 6.18 Å². The number of nitrogen functional groups attached to an aromatic ring is 1. The van der Waals surface area contributed by atoms with E-state index in [2.05, 4.69) is 5.32 Å². The molecule has 1 aromatic carbocycles. The highest BCUT2D eigenvalue weighted by Crippen LogP contribution is 2.23. The van der Waals surface area contributed by atoms with Gasteiger partial charge in [-0.3, -0.25) is 4.79 Å². The van der Waals surface area contributed by atoms with Crippen molar-refractivity contribution in [2.45, 2.75) is 25.6 Å². The summed E-state index contributed by atoms with van der Waals surface area (Å²) in [6, 6.07) is 3.35. The maximum atomic E-state index is 12.2. The third-order valence-corrected chi connectivity index (χ3v) is 2.38. The second-order valence-corrected chi connectivity index (χ2v) is 4.15. The second-order valence-electron chi connectivity index (χ2n) is 4.15. The molecule has 1 aromatic rings. The molecule has 0 bridgehead atoms. The molecule has 19 heavy (non-hydrogen) atoms. The summed E-state index contributed by atoms with van der Waals surface area (Å²) in [7, 11) is 1.36. The fraction of sp³-hybridized carbons (Fsp3) is 0.417. The lowest BCUT2D eigenvalue weighted by Gasteiger charge is -2.17. The minimum absolute atomic E-state index is 0.108. The molecule has 0 aliphatic rings. The highest BCUT2D eigenvalue weighted by atomic mass is 19.4. The molecule has 3 N–H and O–H groups in total. The molecule has 1 unspecified atom stereocenters. The van der Waals surface area contributed by atoms with Gasteiger partial charge in [0.1, 0.15) is 5.75 Å². The molecular weight excluding hydrogens is 261 g/mol. The van der Waals surface area contributed by atoms with Crippen LogP contribution in [0.5, 0.6) is 5.75 Å². The topological polar surface area (TPSA) is 64.3 Å². The average molecular weight is 276 g/mol. The molecule has 0 saturated carbocycles. The lowest BCUT2D eigenvalue weighted by molar-refractivity contribution is -0.138. The Hall–Kier alpha value is -1.92. The quantitative estimate of drug-likeness (QED) is 0.830. The number of ether oxygens (including phenoxy) is 1. The number of nitrogens with two attached hydrogens (primary N) is 1. The van der Waals surface area contributed by atoms with E-state index in [1.165, 1.54) is 32.2 Å². The van der Waals surface area contributed by atoms with Crippen LogP contribution in [0.15, 0.2) is 18.2 Å². The van der Waals surface area contributed by atoms with Crippen LogP contribution in [0.1, 0.15) is 23.7 Å². The molecule has 1 amide bonds. The smallest absolute Gasteiger partial charge is 0.391 e. The van der Waals surface area contributed by atoms with Crippen molar-refractivity contribution >= 4 is 11.6 Å². The molecule has 0 spiro atoms. The van der Waals surface area contributed by atoms with Gasteiger partial charge in [-0.05, 0) is 25.1 Å². The van der Waals surface area contributed by atoms with E-state index in [0.717, 1.165) is 0 Å². The first-order valence-corrected chi connectivity index (χ1v) is 5.54. The Morgan fingerprint density at radius 1 is 1.47 bits per heavy atom. The van der Waals surface area contributed by atoms with E-state index in [4.69, 9.17) is 10.5 Å². The molecule has 0 heterocycles. The molecular formula is C12H15F3N2O2. The van der Waals surface area contributed by atoms with Crippen molar-refractivity contribution < 1.29 is 22.7 Å². The van der Waals surface area contributed by atoms with E-state index in [-0.39, 0.29) is 11.3 Å². The van der Waals surface area contributed by atoms with Crippen molar-refractivity contribution in [1.82, 2.24) is 5.32 Å². The Morgan fingerprint density at radius 3 is 2.63 bits per heavy atom. The largest absolute Gasteiger partial charge is 0.496 e. The lowest BCUT2D eigenvalue weighted by Crippen LogP contribution is -2.36. The van der Waals surface area contributed by atoms with Gasteiger partial charge < -0.3 is 15.8 Å². The maximum absolute atomic E-state index is 12.2. The van der Waals surface area contributed by atoms with E-state index in [0.29, 0.717) is 5.69 Å². The minimum Gasteiger partial charge on any atom is -0.496 e. The number of carbonyl (C=O) groups excluding carboxylic acids is 1. The molecule has 0 radical (unpaired) electrons. The summed E-state index contributed by atoms with van der Waals surface area (Å²) in [4.78, 5) is 11.9. The first kappa shape index (κ1) is 15.1. The monoisotopic (exact) mass is 276 g/mol. The molecule has 1 atom stereocenters. The number of hydrogen-bond donors (Lipinski definition) is 2. The molecule has 0 aliphatic heterocycles. The molecule has 106 valence electrons. The number of halogens is 3. The van der Waals surface area contributed by atoms with Crippen molar-refractivity contribution in [2.24, 2.45) is 0 Å². The van der Waals surface area contributed by atoms with Crippen LogP contribution in [0, 0.1) is 0 Å². The Kier molecular flexibility index (Phi) is 4.63. The second kappa shape index (κ2) is 5.81. The van der Waals surface area contributed by atoms with Gasteiger partial charge in [0.15, 0.2) is 0 Å². The molecule has 0 fully saturated rings. The SMILES string of the molecule is COc1ccc(N)cc1C(=O)NC(C)CC(F)(F)F. The van der Waals surface area contributed by atoms with Crippen LogP contribution in [0.3, 0.4) is 0 Å². The van der Waals surface area contributed by atoms with Crippen LogP contribution in [0.4, 0.5) is 18.9 Å². The van der Waals surface area contributed by atoms with Crippen molar-refractivity contribution in [2.75, 3.05) is 12.8 Å². The van der Waals surface area contributed by atoms with Crippen LogP contribution in [0.25, 0.3) is 0 Å². The fourth-order valence-electron chi connectivity index (χ4n) is 1.60. The van der Waals surface area contributed by atoms with E-state index < -0.39 is 24.5 Å². The van der Waals surface area contributed by atoms with E-state index >= 15 is 0 Å². The number of nitrogens with one attached hydrogen (secondary N) is 1. The summed E-state index contributed by atoms with van der Waals surface area (Å²) >= 11 is 0. The molecule has 0 saturated heterocycles. The predicted molar refractivity (Wildman–Crippen MR) is 65.0 cm³/mol. The predicted octanol–water partition coefficient (Wildman–Crippen LogP) is 2.35. The maximum Gasteiger partial charge on any atom is 0.391 e. The summed E-state index contributed by atoms with van der Waals surface area (Å²) in [5, 5.41) is 2.26. The fourth-order valence-corrected chi connectivity index (χ4v) is 1.60. The number of methoxy groups -OCH3 is 1. The summed E-state index contributed by atoms with van der Waals surface area (Å²) in [5.41, 5.74) is 5.97. The number of amides is 1. The van der Waals surface area contributed by atoms with Crippen LogP contribution in [0.2, 0.25) is 0 Å². The minimum atomic E-state index is -4.33. The number of rotatable bonds is 4. The highest BCUT2D eigenvalue weighted by molar-refractivity contribution is 5.98. The van der Waals surface area contributed by atoms with Gasteiger partial charge in [-0.25, -0.2) is 0 Å². The van der Waals surface area contributed by atoms with Gasteiger partial charge in [0.05, 0.1) is 19.1 Å².